The lowest BCUT2D eigenvalue weighted by molar-refractivity contribution is -0.113. The maximum absolute atomic E-state index is 9.47. The molecule has 0 heterocycles. The molecule has 0 atom stereocenters. The van der Waals surface area contributed by atoms with Crippen LogP contribution >= 0.6 is 0 Å². The molecule has 0 aromatic heterocycles. The van der Waals surface area contributed by atoms with Gasteiger partial charge in [-0.05, 0) is 6.08 Å². The Morgan fingerprint density at radius 2 is 1.25 bits per heavy atom. The Morgan fingerprint density at radius 1 is 0.917 bits per heavy atom. The van der Waals surface area contributed by atoms with Crippen molar-refractivity contribution in [3.8, 4) is 0 Å². The summed E-state index contributed by atoms with van der Waals surface area (Å²) in [5, 5.41) is 0. The number of hydrogen-bond donors (Lipinski definition) is 1. The Kier molecular flexibility index (Phi) is 19.6. The van der Waals surface area contributed by atoms with E-state index in [9.17, 15) is 4.79 Å². The SMILES string of the molecule is C=CC(N)=O.CCC[Si](OCCOC)(OCCOC)OCCOC. The van der Waals surface area contributed by atoms with Crippen LogP contribution in [0.4, 0.5) is 0 Å². The number of carbonyl (C=O) groups excluding carboxylic acids is 1. The zero-order chi connectivity index (χ0) is 18.7. The first-order valence-electron chi connectivity index (χ1n) is 7.82. The van der Waals surface area contributed by atoms with E-state index in [-0.39, 0.29) is 0 Å². The van der Waals surface area contributed by atoms with Gasteiger partial charge in [0.1, 0.15) is 0 Å². The molecule has 0 aromatic carbocycles. The molecule has 0 aliphatic heterocycles. The normalized spacial score (nSPS) is 10.8. The summed E-state index contributed by atoms with van der Waals surface area (Å²) in [5.41, 5.74) is 4.53. The first-order valence-corrected chi connectivity index (χ1v) is 9.75. The topological polar surface area (TPSA) is 98.5 Å². The molecule has 0 saturated carbocycles. The molecule has 2 N–H and O–H groups in total. The second kappa shape index (κ2) is 18.5. The molecule has 144 valence electrons. The van der Waals surface area contributed by atoms with Crippen LogP contribution in [0.1, 0.15) is 13.3 Å². The van der Waals surface area contributed by atoms with Crippen LogP contribution in [0.25, 0.3) is 0 Å². The van der Waals surface area contributed by atoms with Crippen LogP contribution in [0.15, 0.2) is 12.7 Å². The summed E-state index contributed by atoms with van der Waals surface area (Å²) in [5.74, 6) is -0.481. The van der Waals surface area contributed by atoms with E-state index in [2.05, 4.69) is 19.2 Å². The van der Waals surface area contributed by atoms with E-state index in [1.165, 1.54) is 0 Å². The second-order valence-corrected chi connectivity index (χ2v) is 7.30. The third kappa shape index (κ3) is 16.1. The minimum absolute atomic E-state index is 0.475. The summed E-state index contributed by atoms with van der Waals surface area (Å²) in [6, 6.07) is 0.782. The summed E-state index contributed by atoms with van der Waals surface area (Å²) in [7, 11) is 2.28. The van der Waals surface area contributed by atoms with Crippen molar-refractivity contribution in [2.45, 2.75) is 19.4 Å². The molecule has 0 rings (SSSR count). The van der Waals surface area contributed by atoms with Gasteiger partial charge in [0.25, 0.3) is 0 Å². The van der Waals surface area contributed by atoms with Gasteiger partial charge in [-0.1, -0.05) is 19.9 Å². The predicted octanol–water partition coefficient (Wildman–Crippen LogP) is 0.982. The molecule has 8 nitrogen and oxygen atoms in total. The van der Waals surface area contributed by atoms with Gasteiger partial charge < -0.3 is 33.2 Å². The van der Waals surface area contributed by atoms with Crippen molar-refractivity contribution >= 4 is 14.7 Å². The quantitative estimate of drug-likeness (QED) is 0.262. The molecule has 1 amide bonds. The molecule has 0 bridgehead atoms. The van der Waals surface area contributed by atoms with E-state index in [0.717, 1.165) is 18.5 Å². The number of hydrogen-bond acceptors (Lipinski definition) is 7. The van der Waals surface area contributed by atoms with E-state index in [4.69, 9.17) is 27.5 Å². The molecule has 0 aliphatic carbocycles. The van der Waals surface area contributed by atoms with Crippen LogP contribution in [-0.2, 0) is 32.3 Å². The van der Waals surface area contributed by atoms with Crippen molar-refractivity contribution in [1.82, 2.24) is 0 Å². The highest BCUT2D eigenvalue weighted by Crippen LogP contribution is 2.18. The molecule has 0 fully saturated rings. The average Bonchev–Trinajstić information content (AvgIpc) is 2.56. The summed E-state index contributed by atoms with van der Waals surface area (Å²) < 4.78 is 32.6. The standard InChI is InChI=1S/C12H28O6Si.C3H5NO/c1-5-12-19(16-9-6-13-2,17-10-7-14-3)18-11-8-15-4;1-2-3(4)5/h5-12H2,1-4H3;2H,1H2,(H2,4,5). The van der Waals surface area contributed by atoms with Gasteiger partial charge in [0.05, 0.1) is 39.6 Å². The van der Waals surface area contributed by atoms with E-state index in [1.807, 2.05) is 0 Å². The van der Waals surface area contributed by atoms with E-state index >= 15 is 0 Å². The van der Waals surface area contributed by atoms with Gasteiger partial charge in [-0.3, -0.25) is 4.79 Å². The Balaban J connectivity index is 0. The fourth-order valence-corrected chi connectivity index (χ4v) is 3.97. The van der Waals surface area contributed by atoms with Crippen LogP contribution in [0.5, 0.6) is 0 Å². The second-order valence-electron chi connectivity index (χ2n) is 4.56. The monoisotopic (exact) mass is 367 g/mol. The van der Waals surface area contributed by atoms with Crippen molar-refractivity contribution in [2.75, 3.05) is 61.0 Å². The number of carbonyl (C=O) groups is 1. The maximum atomic E-state index is 9.47. The minimum atomic E-state index is -2.65. The number of primary amides is 1. The van der Waals surface area contributed by atoms with Crippen molar-refractivity contribution in [2.24, 2.45) is 5.73 Å². The summed E-state index contributed by atoms with van der Waals surface area (Å²) in [6.07, 6.45) is 2.00. The molecule has 0 saturated heterocycles. The average molecular weight is 368 g/mol. The van der Waals surface area contributed by atoms with Gasteiger partial charge in [0.15, 0.2) is 0 Å². The van der Waals surface area contributed by atoms with Crippen LogP contribution in [0, 0.1) is 0 Å². The van der Waals surface area contributed by atoms with Crippen molar-refractivity contribution in [3.63, 3.8) is 0 Å². The van der Waals surface area contributed by atoms with E-state index in [1.54, 1.807) is 21.3 Å². The summed E-state index contributed by atoms with van der Waals surface area (Å²) in [4.78, 5) is 9.47. The van der Waals surface area contributed by atoms with Gasteiger partial charge in [-0.25, -0.2) is 0 Å². The Morgan fingerprint density at radius 3 is 1.46 bits per heavy atom. The lowest BCUT2D eigenvalue weighted by Gasteiger charge is -2.29. The molecule has 0 radical (unpaired) electrons. The molecular weight excluding hydrogens is 334 g/mol. The Bertz CT molecular complexity index is 279. The largest absolute Gasteiger partial charge is 0.501 e. The number of ether oxygens (including phenoxy) is 3. The first-order chi connectivity index (χ1) is 11.5. The van der Waals surface area contributed by atoms with E-state index in [0.29, 0.717) is 39.6 Å². The molecular formula is C15H33NO7Si. The highest BCUT2D eigenvalue weighted by Gasteiger charge is 2.40. The van der Waals surface area contributed by atoms with Gasteiger partial charge in [-0.2, -0.15) is 0 Å². The summed E-state index contributed by atoms with van der Waals surface area (Å²) in [6.45, 7) is 8.18. The van der Waals surface area contributed by atoms with Crippen molar-refractivity contribution < 1.29 is 32.3 Å². The first kappa shape index (κ1) is 25.4. The maximum Gasteiger partial charge on any atom is 0.501 e. The van der Waals surface area contributed by atoms with Crippen LogP contribution in [-0.4, -0.2) is 75.7 Å². The molecule has 0 aliphatic rings. The molecule has 24 heavy (non-hydrogen) atoms. The minimum Gasteiger partial charge on any atom is -0.382 e. The third-order valence-corrected chi connectivity index (χ3v) is 5.63. The Hall–Kier alpha value is -0.813. The molecule has 0 unspecified atom stereocenters. The van der Waals surface area contributed by atoms with Crippen molar-refractivity contribution in [1.29, 1.82) is 0 Å². The number of nitrogens with two attached hydrogens (primary N) is 1. The fourth-order valence-electron chi connectivity index (χ4n) is 1.49. The zero-order valence-corrected chi connectivity index (χ0v) is 16.4. The summed E-state index contributed by atoms with van der Waals surface area (Å²) >= 11 is 0. The van der Waals surface area contributed by atoms with Gasteiger partial charge in [-0.15, -0.1) is 0 Å². The lowest BCUT2D eigenvalue weighted by Crippen LogP contribution is -2.47. The smallest absolute Gasteiger partial charge is 0.382 e. The van der Waals surface area contributed by atoms with Gasteiger partial charge in [0, 0.05) is 27.4 Å². The van der Waals surface area contributed by atoms with Crippen molar-refractivity contribution in [3.05, 3.63) is 12.7 Å². The molecule has 9 heteroatoms. The molecule has 0 spiro atoms. The van der Waals surface area contributed by atoms with Crippen LogP contribution < -0.4 is 5.73 Å². The van der Waals surface area contributed by atoms with Gasteiger partial charge in [0.2, 0.25) is 5.91 Å². The Labute approximate surface area is 146 Å². The number of amides is 1. The van der Waals surface area contributed by atoms with Crippen LogP contribution in [0.2, 0.25) is 6.04 Å². The number of methoxy groups -OCH3 is 3. The lowest BCUT2D eigenvalue weighted by atomic mass is 10.6. The highest BCUT2D eigenvalue weighted by atomic mass is 28.4. The van der Waals surface area contributed by atoms with Gasteiger partial charge >= 0.3 is 8.80 Å². The molecule has 0 aromatic rings. The highest BCUT2D eigenvalue weighted by molar-refractivity contribution is 6.60. The zero-order valence-electron chi connectivity index (χ0n) is 15.4. The number of rotatable bonds is 15. The van der Waals surface area contributed by atoms with E-state index < -0.39 is 14.7 Å². The van der Waals surface area contributed by atoms with Crippen LogP contribution in [0.3, 0.4) is 0 Å². The predicted molar refractivity (Wildman–Crippen MR) is 93.7 cm³/mol. The third-order valence-electron chi connectivity index (χ3n) is 2.59. The fraction of sp³-hybridized carbons (Fsp3) is 0.800.